The summed E-state index contributed by atoms with van der Waals surface area (Å²) in [5.74, 6) is 0. The SMILES string of the molecule is O=c1[nH]cccc1-c1nnn(Cc2cc(C(F)(F)F)cc(C(F)(F)F)c2)c1-c1ccncc1. The third-order valence-electron chi connectivity index (χ3n) is 4.74. The van der Waals surface area contributed by atoms with Crippen LogP contribution in [-0.2, 0) is 18.9 Å². The molecule has 0 bridgehead atoms. The smallest absolute Gasteiger partial charge is 0.329 e. The van der Waals surface area contributed by atoms with Crippen molar-refractivity contribution in [2.75, 3.05) is 0 Å². The van der Waals surface area contributed by atoms with E-state index < -0.39 is 35.6 Å². The maximum Gasteiger partial charge on any atom is 0.416 e. The molecule has 0 radical (unpaired) electrons. The molecule has 0 amide bonds. The molecule has 1 aromatic carbocycles. The zero-order valence-corrected chi connectivity index (χ0v) is 16.4. The van der Waals surface area contributed by atoms with E-state index in [2.05, 4.69) is 20.3 Å². The molecule has 4 aromatic rings. The number of alkyl halides is 6. The normalized spacial score (nSPS) is 12.2. The minimum atomic E-state index is -4.98. The third kappa shape index (κ3) is 4.64. The van der Waals surface area contributed by atoms with Crippen molar-refractivity contribution in [1.82, 2.24) is 25.0 Å². The Labute approximate surface area is 181 Å². The highest BCUT2D eigenvalue weighted by molar-refractivity contribution is 5.77. The fraction of sp³-hybridized carbons (Fsp3) is 0.143. The lowest BCUT2D eigenvalue weighted by Gasteiger charge is -2.15. The number of nitrogens with one attached hydrogen (secondary N) is 1. The quantitative estimate of drug-likeness (QED) is 0.440. The first kappa shape index (κ1) is 22.2. The van der Waals surface area contributed by atoms with E-state index in [-0.39, 0.29) is 28.6 Å². The van der Waals surface area contributed by atoms with Crippen molar-refractivity contribution < 1.29 is 26.3 Å². The van der Waals surface area contributed by atoms with E-state index in [1.54, 1.807) is 18.2 Å². The van der Waals surface area contributed by atoms with Gasteiger partial charge in [0.2, 0.25) is 0 Å². The zero-order valence-electron chi connectivity index (χ0n) is 16.4. The molecule has 0 saturated carbocycles. The Morgan fingerprint density at radius 2 is 1.55 bits per heavy atom. The summed E-state index contributed by atoms with van der Waals surface area (Å²) in [6.07, 6.45) is -5.66. The Hall–Kier alpha value is -3.96. The summed E-state index contributed by atoms with van der Waals surface area (Å²) < 4.78 is 80.6. The van der Waals surface area contributed by atoms with Crippen LogP contribution < -0.4 is 5.56 Å². The fourth-order valence-electron chi connectivity index (χ4n) is 3.29. The second kappa shape index (κ2) is 8.19. The van der Waals surface area contributed by atoms with Gasteiger partial charge < -0.3 is 4.98 Å². The van der Waals surface area contributed by atoms with Crippen LogP contribution in [0.2, 0.25) is 0 Å². The molecule has 3 heterocycles. The Morgan fingerprint density at radius 3 is 2.12 bits per heavy atom. The standard InChI is InChI=1S/C21H13F6N5O/c22-20(23,24)14-8-12(9-15(10-14)21(25,26)27)11-32-18(13-3-6-28-7-4-13)17(30-31-32)16-2-1-5-29-19(16)33/h1-10H,11H2,(H,29,33). The van der Waals surface area contributed by atoms with E-state index >= 15 is 0 Å². The van der Waals surface area contributed by atoms with Crippen molar-refractivity contribution in [3.8, 4) is 22.5 Å². The summed E-state index contributed by atoms with van der Waals surface area (Å²) >= 11 is 0. The maximum atomic E-state index is 13.2. The van der Waals surface area contributed by atoms with E-state index in [1.807, 2.05) is 0 Å². The van der Waals surface area contributed by atoms with E-state index in [4.69, 9.17) is 0 Å². The number of nitrogens with zero attached hydrogens (tertiary/aromatic N) is 4. The minimum Gasteiger partial charge on any atom is -0.329 e. The zero-order chi connectivity index (χ0) is 23.8. The Balaban J connectivity index is 1.88. The molecule has 33 heavy (non-hydrogen) atoms. The van der Waals surface area contributed by atoms with E-state index in [0.717, 1.165) is 4.68 Å². The van der Waals surface area contributed by atoms with E-state index in [1.165, 1.54) is 24.7 Å². The lowest BCUT2D eigenvalue weighted by molar-refractivity contribution is -0.143. The van der Waals surface area contributed by atoms with Gasteiger partial charge in [-0.05, 0) is 48.0 Å². The average molecular weight is 465 g/mol. The number of aromatic nitrogens is 5. The molecule has 0 unspecified atom stereocenters. The van der Waals surface area contributed by atoms with Gasteiger partial charge in [-0.3, -0.25) is 9.78 Å². The van der Waals surface area contributed by atoms with Gasteiger partial charge in [0.1, 0.15) is 5.69 Å². The summed E-state index contributed by atoms with van der Waals surface area (Å²) in [5.41, 5.74) is -2.68. The van der Waals surface area contributed by atoms with Crippen molar-refractivity contribution in [2.24, 2.45) is 0 Å². The molecular weight excluding hydrogens is 452 g/mol. The summed E-state index contributed by atoms with van der Waals surface area (Å²) in [6, 6.07) is 7.46. The molecular formula is C21H13F6N5O. The molecule has 0 spiro atoms. The highest BCUT2D eigenvalue weighted by atomic mass is 19.4. The molecule has 0 atom stereocenters. The van der Waals surface area contributed by atoms with E-state index in [0.29, 0.717) is 17.7 Å². The monoisotopic (exact) mass is 465 g/mol. The van der Waals surface area contributed by atoms with Gasteiger partial charge in [-0.2, -0.15) is 26.3 Å². The average Bonchev–Trinajstić information content (AvgIpc) is 3.16. The van der Waals surface area contributed by atoms with Crippen molar-refractivity contribution in [1.29, 1.82) is 0 Å². The number of H-pyrrole nitrogens is 1. The predicted molar refractivity (Wildman–Crippen MR) is 105 cm³/mol. The van der Waals surface area contributed by atoms with Gasteiger partial charge in [0.25, 0.3) is 5.56 Å². The summed E-state index contributed by atoms with van der Waals surface area (Å²) in [4.78, 5) is 18.7. The minimum absolute atomic E-state index is 0.0591. The highest BCUT2D eigenvalue weighted by Crippen LogP contribution is 2.37. The van der Waals surface area contributed by atoms with Gasteiger partial charge in [-0.15, -0.1) is 5.10 Å². The molecule has 12 heteroatoms. The first-order chi connectivity index (χ1) is 15.5. The fourth-order valence-corrected chi connectivity index (χ4v) is 3.29. The molecule has 6 nitrogen and oxygen atoms in total. The van der Waals surface area contributed by atoms with Gasteiger partial charge in [-0.1, -0.05) is 5.21 Å². The number of halogens is 6. The number of pyridine rings is 2. The third-order valence-corrected chi connectivity index (χ3v) is 4.74. The van der Waals surface area contributed by atoms with E-state index in [9.17, 15) is 31.1 Å². The number of hydrogen-bond acceptors (Lipinski definition) is 4. The molecule has 4 rings (SSSR count). The molecule has 0 aliphatic rings. The van der Waals surface area contributed by atoms with Crippen LogP contribution in [0.5, 0.6) is 0 Å². The summed E-state index contributed by atoms with van der Waals surface area (Å²) in [6.45, 7) is -0.456. The first-order valence-electron chi connectivity index (χ1n) is 9.34. The van der Waals surface area contributed by atoms with Crippen molar-refractivity contribution >= 4 is 0 Å². The molecule has 3 aromatic heterocycles. The van der Waals surface area contributed by atoms with Crippen molar-refractivity contribution in [3.05, 3.63) is 88.1 Å². The molecule has 0 aliphatic heterocycles. The van der Waals surface area contributed by atoms with Crippen LogP contribution in [0.4, 0.5) is 26.3 Å². The molecule has 170 valence electrons. The number of benzene rings is 1. The van der Waals surface area contributed by atoms with Crippen LogP contribution in [0.3, 0.4) is 0 Å². The van der Waals surface area contributed by atoms with Gasteiger partial charge >= 0.3 is 12.4 Å². The maximum absolute atomic E-state index is 13.2. The lowest BCUT2D eigenvalue weighted by Crippen LogP contribution is -2.13. The van der Waals surface area contributed by atoms with Gasteiger partial charge in [0.05, 0.1) is 28.9 Å². The second-order valence-electron chi connectivity index (χ2n) is 7.01. The largest absolute Gasteiger partial charge is 0.416 e. The van der Waals surface area contributed by atoms with Crippen LogP contribution in [0, 0.1) is 0 Å². The molecule has 1 N–H and O–H groups in total. The van der Waals surface area contributed by atoms with Gasteiger partial charge in [-0.25, -0.2) is 4.68 Å². The summed E-state index contributed by atoms with van der Waals surface area (Å²) in [5, 5.41) is 7.91. The molecule has 0 fully saturated rings. The van der Waals surface area contributed by atoms with Crippen LogP contribution in [0.1, 0.15) is 16.7 Å². The van der Waals surface area contributed by atoms with Gasteiger partial charge in [0.15, 0.2) is 0 Å². The second-order valence-corrected chi connectivity index (χ2v) is 7.01. The van der Waals surface area contributed by atoms with Crippen LogP contribution in [0.15, 0.2) is 65.8 Å². The van der Waals surface area contributed by atoms with Crippen molar-refractivity contribution in [2.45, 2.75) is 18.9 Å². The lowest BCUT2D eigenvalue weighted by atomic mass is 10.0. The van der Waals surface area contributed by atoms with Crippen LogP contribution in [0.25, 0.3) is 22.5 Å². The number of hydrogen-bond donors (Lipinski definition) is 1. The summed E-state index contributed by atoms with van der Waals surface area (Å²) in [7, 11) is 0. The topological polar surface area (TPSA) is 76.5 Å². The predicted octanol–water partition coefficient (Wildman–Crippen LogP) is 4.78. The van der Waals surface area contributed by atoms with Crippen LogP contribution in [-0.4, -0.2) is 25.0 Å². The van der Waals surface area contributed by atoms with Gasteiger partial charge in [0, 0.05) is 24.2 Å². The number of aromatic amines is 1. The Bertz CT molecular complexity index is 1310. The number of rotatable bonds is 4. The Kier molecular flexibility index (Phi) is 5.52. The molecule has 0 aliphatic carbocycles. The van der Waals surface area contributed by atoms with Crippen molar-refractivity contribution in [3.63, 3.8) is 0 Å². The van der Waals surface area contributed by atoms with Crippen LogP contribution >= 0.6 is 0 Å². The highest BCUT2D eigenvalue weighted by Gasteiger charge is 2.37. The Morgan fingerprint density at radius 1 is 0.909 bits per heavy atom. The molecule has 0 saturated heterocycles. The first-order valence-corrected chi connectivity index (χ1v) is 9.34.